The molecule has 0 spiro atoms. The van der Waals surface area contributed by atoms with Gasteiger partial charge in [-0.15, -0.1) is 11.3 Å². The lowest BCUT2D eigenvalue weighted by Crippen LogP contribution is -2.36. The predicted octanol–water partition coefficient (Wildman–Crippen LogP) is 3.44. The molecule has 5 heteroatoms. The van der Waals surface area contributed by atoms with Crippen molar-refractivity contribution in [3.63, 3.8) is 0 Å². The van der Waals surface area contributed by atoms with Crippen LogP contribution in [0.15, 0.2) is 41.8 Å². The molecule has 2 aromatic rings. The molecule has 0 radical (unpaired) electrons. The van der Waals surface area contributed by atoms with Gasteiger partial charge in [0.2, 0.25) is 5.91 Å². The smallest absolute Gasteiger partial charge is 0.229 e. The third-order valence-electron chi connectivity index (χ3n) is 4.19. The van der Waals surface area contributed by atoms with Crippen LogP contribution >= 0.6 is 11.3 Å². The largest absolute Gasteiger partial charge is 0.381 e. The third kappa shape index (κ3) is 4.56. The minimum atomic E-state index is 0.0325. The summed E-state index contributed by atoms with van der Waals surface area (Å²) in [5.74, 6) is 0.0325. The second-order valence-electron chi connectivity index (χ2n) is 6.07. The number of rotatable bonds is 5. The van der Waals surface area contributed by atoms with Crippen molar-refractivity contribution in [3.8, 4) is 0 Å². The van der Waals surface area contributed by atoms with Crippen LogP contribution < -0.4 is 10.6 Å². The molecule has 2 N–H and O–H groups in total. The van der Waals surface area contributed by atoms with Gasteiger partial charge in [-0.3, -0.25) is 4.79 Å². The number of thiophene rings is 1. The van der Waals surface area contributed by atoms with Gasteiger partial charge in [0, 0.05) is 10.9 Å². The van der Waals surface area contributed by atoms with Crippen LogP contribution in [0.3, 0.4) is 0 Å². The summed E-state index contributed by atoms with van der Waals surface area (Å²) in [6, 6.07) is 12.4. The third-order valence-corrected chi connectivity index (χ3v) is 5.07. The number of para-hydroxylation sites is 2. The number of likely N-dealkylation sites (tertiary alicyclic amines) is 1. The summed E-state index contributed by atoms with van der Waals surface area (Å²) >= 11 is 1.61. The highest BCUT2D eigenvalue weighted by atomic mass is 32.1. The molecular weight excluding hydrogens is 306 g/mol. The van der Waals surface area contributed by atoms with Gasteiger partial charge in [-0.25, -0.2) is 0 Å². The Labute approximate surface area is 141 Å². The lowest BCUT2D eigenvalue weighted by molar-refractivity contribution is -0.115. The van der Waals surface area contributed by atoms with Gasteiger partial charge in [-0.1, -0.05) is 18.2 Å². The summed E-state index contributed by atoms with van der Waals surface area (Å²) in [5, 5.41) is 8.64. The minimum absolute atomic E-state index is 0.0325. The molecule has 0 aliphatic carbocycles. The van der Waals surface area contributed by atoms with Gasteiger partial charge in [0.1, 0.15) is 0 Å². The number of carbonyl (C=O) groups is 1. The number of piperidine rings is 1. The van der Waals surface area contributed by atoms with Crippen molar-refractivity contribution < 1.29 is 4.79 Å². The average Bonchev–Trinajstić information content (AvgIpc) is 3.04. The van der Waals surface area contributed by atoms with Crippen molar-refractivity contribution in [2.45, 2.75) is 25.3 Å². The molecular formula is C18H23N3OS. The van der Waals surface area contributed by atoms with E-state index < -0.39 is 0 Å². The molecule has 0 saturated carbocycles. The Balaban J connectivity index is 1.62. The Kier molecular flexibility index (Phi) is 5.31. The van der Waals surface area contributed by atoms with Gasteiger partial charge in [0.15, 0.2) is 0 Å². The summed E-state index contributed by atoms with van der Waals surface area (Å²) in [4.78, 5) is 15.7. The number of carbonyl (C=O) groups excluding carboxylic acids is 1. The van der Waals surface area contributed by atoms with E-state index in [4.69, 9.17) is 0 Å². The zero-order valence-electron chi connectivity index (χ0n) is 13.4. The average molecular weight is 329 g/mol. The molecule has 3 rings (SSSR count). The predicted molar refractivity (Wildman–Crippen MR) is 97.2 cm³/mol. The van der Waals surface area contributed by atoms with Gasteiger partial charge in [0.25, 0.3) is 0 Å². The maximum Gasteiger partial charge on any atom is 0.229 e. The van der Waals surface area contributed by atoms with E-state index in [1.54, 1.807) is 11.3 Å². The number of nitrogens with one attached hydrogen (secondary N) is 2. The standard InChI is InChI=1S/C18H23N3OS/c1-21-10-8-14(9-11-21)19-16-6-2-3-7-17(16)20-18(22)13-15-5-4-12-23-15/h2-7,12,14,19H,8-11,13H2,1H3,(H,20,22). The lowest BCUT2D eigenvalue weighted by atomic mass is 10.0. The molecule has 2 heterocycles. The second-order valence-corrected chi connectivity index (χ2v) is 7.10. The van der Waals surface area contributed by atoms with Crippen LogP contribution in [0, 0.1) is 0 Å². The summed E-state index contributed by atoms with van der Waals surface area (Å²) in [6.07, 6.45) is 2.70. The van der Waals surface area contributed by atoms with Crippen molar-refractivity contribution in [3.05, 3.63) is 46.7 Å². The zero-order valence-corrected chi connectivity index (χ0v) is 14.2. The topological polar surface area (TPSA) is 44.4 Å². The van der Waals surface area contributed by atoms with Crippen LogP contribution in [-0.4, -0.2) is 37.0 Å². The fourth-order valence-electron chi connectivity index (χ4n) is 2.86. The summed E-state index contributed by atoms with van der Waals surface area (Å²) < 4.78 is 0. The number of hydrogen-bond donors (Lipinski definition) is 2. The van der Waals surface area contributed by atoms with Crippen LogP contribution in [-0.2, 0) is 11.2 Å². The van der Waals surface area contributed by atoms with Crippen LogP contribution in [0.25, 0.3) is 0 Å². The van der Waals surface area contributed by atoms with Crippen molar-refractivity contribution >= 4 is 28.6 Å². The van der Waals surface area contributed by atoms with Crippen LogP contribution in [0.1, 0.15) is 17.7 Å². The quantitative estimate of drug-likeness (QED) is 0.883. The van der Waals surface area contributed by atoms with Crippen molar-refractivity contribution in [1.82, 2.24) is 4.90 Å². The highest BCUT2D eigenvalue weighted by Gasteiger charge is 2.17. The molecule has 1 aliphatic heterocycles. The van der Waals surface area contributed by atoms with Crippen molar-refractivity contribution in [1.29, 1.82) is 0 Å². The van der Waals surface area contributed by atoms with E-state index in [0.29, 0.717) is 12.5 Å². The number of hydrogen-bond acceptors (Lipinski definition) is 4. The Morgan fingerprint density at radius 1 is 1.17 bits per heavy atom. The zero-order chi connectivity index (χ0) is 16.1. The van der Waals surface area contributed by atoms with E-state index >= 15 is 0 Å². The molecule has 1 aliphatic rings. The molecule has 1 aromatic carbocycles. The summed E-state index contributed by atoms with van der Waals surface area (Å²) in [7, 11) is 2.16. The molecule has 1 saturated heterocycles. The van der Waals surface area contributed by atoms with Gasteiger partial charge in [-0.05, 0) is 56.6 Å². The van der Waals surface area contributed by atoms with Gasteiger partial charge in [0.05, 0.1) is 17.8 Å². The van der Waals surface area contributed by atoms with Gasteiger partial charge in [-0.2, -0.15) is 0 Å². The maximum atomic E-state index is 12.2. The highest BCUT2D eigenvalue weighted by molar-refractivity contribution is 7.10. The van der Waals surface area contributed by atoms with Crippen LogP contribution in [0.2, 0.25) is 0 Å². The van der Waals surface area contributed by atoms with E-state index in [-0.39, 0.29) is 5.91 Å². The van der Waals surface area contributed by atoms with Gasteiger partial charge >= 0.3 is 0 Å². The van der Waals surface area contributed by atoms with Crippen molar-refractivity contribution in [2.24, 2.45) is 0 Å². The number of nitrogens with zero attached hydrogens (tertiary/aromatic N) is 1. The molecule has 4 nitrogen and oxygen atoms in total. The van der Waals surface area contributed by atoms with E-state index in [1.807, 2.05) is 41.8 Å². The van der Waals surface area contributed by atoms with Gasteiger partial charge < -0.3 is 15.5 Å². The Morgan fingerprint density at radius 3 is 2.61 bits per heavy atom. The molecule has 0 bridgehead atoms. The first-order valence-corrected chi connectivity index (χ1v) is 8.95. The summed E-state index contributed by atoms with van der Waals surface area (Å²) in [5.41, 5.74) is 1.88. The first kappa shape index (κ1) is 16.0. The van der Waals surface area contributed by atoms with Crippen LogP contribution in [0.4, 0.5) is 11.4 Å². The normalized spacial score (nSPS) is 16.2. The second kappa shape index (κ2) is 7.62. The summed E-state index contributed by atoms with van der Waals surface area (Å²) in [6.45, 7) is 2.23. The Bertz CT molecular complexity index is 633. The molecule has 0 atom stereocenters. The fraction of sp³-hybridized carbons (Fsp3) is 0.389. The lowest BCUT2D eigenvalue weighted by Gasteiger charge is -2.30. The molecule has 122 valence electrons. The van der Waals surface area contributed by atoms with Crippen molar-refractivity contribution in [2.75, 3.05) is 30.8 Å². The number of benzene rings is 1. The van der Waals surface area contributed by atoms with E-state index in [1.165, 1.54) is 0 Å². The minimum Gasteiger partial charge on any atom is -0.381 e. The monoisotopic (exact) mass is 329 g/mol. The maximum absolute atomic E-state index is 12.2. The van der Waals surface area contributed by atoms with Crippen LogP contribution in [0.5, 0.6) is 0 Å². The first-order chi connectivity index (χ1) is 11.2. The Morgan fingerprint density at radius 2 is 1.91 bits per heavy atom. The molecule has 0 unspecified atom stereocenters. The fourth-order valence-corrected chi connectivity index (χ4v) is 3.56. The van der Waals surface area contributed by atoms with E-state index in [9.17, 15) is 4.79 Å². The number of anilines is 2. The molecule has 1 fully saturated rings. The number of amides is 1. The Hall–Kier alpha value is -1.85. The highest BCUT2D eigenvalue weighted by Crippen LogP contribution is 2.24. The van der Waals surface area contributed by atoms with E-state index in [2.05, 4.69) is 22.6 Å². The SMILES string of the molecule is CN1CCC(Nc2ccccc2NC(=O)Cc2cccs2)CC1. The molecule has 1 amide bonds. The molecule has 1 aromatic heterocycles. The molecule has 23 heavy (non-hydrogen) atoms. The first-order valence-electron chi connectivity index (χ1n) is 8.07. The van der Waals surface area contributed by atoms with E-state index in [0.717, 1.165) is 42.2 Å².